The highest BCUT2D eigenvalue weighted by atomic mass is 16.7. The number of rotatable bonds is 27. The Bertz CT molecular complexity index is 3210. The molecule has 3 aromatic rings. The Morgan fingerprint density at radius 1 is 0.854 bits per heavy atom. The Hall–Kier alpha value is -8.38. The molecule has 28 nitrogen and oxygen atoms in total. The van der Waals surface area contributed by atoms with Crippen molar-refractivity contribution in [1.29, 1.82) is 0 Å². The Labute approximate surface area is 511 Å². The van der Waals surface area contributed by atoms with Crippen LogP contribution in [0.2, 0.25) is 0 Å². The van der Waals surface area contributed by atoms with Crippen molar-refractivity contribution in [2.45, 2.75) is 146 Å². The average molecular weight is 1240 g/mol. The van der Waals surface area contributed by atoms with Crippen molar-refractivity contribution >= 4 is 64.8 Å². The van der Waals surface area contributed by atoms with Crippen molar-refractivity contribution in [3.8, 4) is 17.2 Å². The molecular weight excluding hydrogens is 1170 g/mol. The standard InChI is InChI=1S/C61H75N7O21/c1-31(2)50(67-42(70)14-7-6-8-25-68-43(71)20-21-44(68)72)56(78)66-37(12-10-23-64-59(62)79)55(77)65-34-17-15-33(16-18-34)29-85-60(80)86-30-41(69)61(81)27-36-47(54(76)49-48(52(36)74)51(73)35-11-9-13-39(82-4)46(35)53(49)75)40(28-61)88-45-22-19-38(32(3)87-45)89-57-58(83-5)84-26-24-63-57/h9,11,13,15-18,20-21,31-32,37-38,40,45,50,57-58,63,74,76,81H,6-8,10,12,14,19,22-30H2,1-5H3,(H,65,77)(H,66,78)(H,67,70)(H3,62,64,79)/t32-,37+,38-,40-,45-,50+,57+,58-,61-/m0/s1. The number of anilines is 1. The van der Waals surface area contributed by atoms with Gasteiger partial charge in [0.2, 0.25) is 29.3 Å². The summed E-state index contributed by atoms with van der Waals surface area (Å²) in [6, 6.07) is 7.30. The first-order valence-corrected chi connectivity index (χ1v) is 29.3. The molecular formula is C61H75N7O21. The molecule has 3 aromatic carbocycles. The summed E-state index contributed by atoms with van der Waals surface area (Å²) in [6.07, 6.45) is -2.88. The Morgan fingerprint density at radius 2 is 1.58 bits per heavy atom. The summed E-state index contributed by atoms with van der Waals surface area (Å²) in [7, 11) is 2.79. The van der Waals surface area contributed by atoms with Gasteiger partial charge in [0.15, 0.2) is 31.2 Å². The lowest BCUT2D eigenvalue weighted by molar-refractivity contribution is -0.281. The fraction of sp³-hybridized carbons (Fsp3) is 0.508. The number of carbonyl (C=O) groups is 10. The number of nitrogens with one attached hydrogen (secondary N) is 5. The summed E-state index contributed by atoms with van der Waals surface area (Å²) >= 11 is 0. The second-order valence-electron chi connectivity index (χ2n) is 22.5. The number of methoxy groups -OCH3 is 2. The minimum absolute atomic E-state index is 0.0409. The van der Waals surface area contributed by atoms with Crippen LogP contribution in [-0.4, -0.2) is 175 Å². The van der Waals surface area contributed by atoms with Crippen molar-refractivity contribution in [3.63, 3.8) is 0 Å². The zero-order valence-electron chi connectivity index (χ0n) is 49.9. The molecule has 0 bridgehead atoms. The Kier molecular flexibility index (Phi) is 22.3. The molecule has 10 N–H and O–H groups in total. The smallest absolute Gasteiger partial charge is 0.507 e. The molecule has 28 heteroatoms. The van der Waals surface area contributed by atoms with Crippen LogP contribution < -0.4 is 37.1 Å². The van der Waals surface area contributed by atoms with E-state index in [1.54, 1.807) is 20.8 Å². The topological polar surface area (TPSA) is 395 Å². The van der Waals surface area contributed by atoms with E-state index < -0.39 is 157 Å². The predicted octanol–water partition coefficient (Wildman–Crippen LogP) is 2.87. The lowest BCUT2D eigenvalue weighted by Crippen LogP contribution is -2.54. The molecule has 89 heavy (non-hydrogen) atoms. The van der Waals surface area contributed by atoms with E-state index in [1.165, 1.54) is 68.8 Å². The Balaban J connectivity index is 0.885. The molecule has 3 heterocycles. The maximum atomic E-state index is 14.2. The van der Waals surface area contributed by atoms with Crippen molar-refractivity contribution < 1.29 is 101 Å². The van der Waals surface area contributed by atoms with Gasteiger partial charge >= 0.3 is 12.2 Å². The predicted molar refractivity (Wildman–Crippen MR) is 310 cm³/mol. The third-order valence-electron chi connectivity index (χ3n) is 16.0. The number of carbonyl (C=O) groups excluding carboxylic acids is 10. The van der Waals surface area contributed by atoms with E-state index in [2.05, 4.69) is 26.6 Å². The number of hydrogen-bond acceptors (Lipinski definition) is 22. The minimum atomic E-state index is -2.50. The summed E-state index contributed by atoms with van der Waals surface area (Å²) in [6.45, 7) is 4.96. The van der Waals surface area contributed by atoms with Gasteiger partial charge in [-0.25, -0.2) is 9.59 Å². The number of hydrogen-bond donors (Lipinski definition) is 9. The number of nitrogens with two attached hydrogens (primary N) is 1. The van der Waals surface area contributed by atoms with Crippen molar-refractivity contribution in [3.05, 3.63) is 93.6 Å². The number of phenolic OH excluding ortho intramolecular Hbond substituents is 2. The third kappa shape index (κ3) is 15.9. The number of benzene rings is 3. The average Bonchev–Trinajstić information content (AvgIpc) is 1.16. The number of aromatic hydroxyl groups is 2. The van der Waals surface area contributed by atoms with Gasteiger partial charge in [0.1, 0.15) is 41.5 Å². The van der Waals surface area contributed by atoms with E-state index in [1.807, 2.05) is 0 Å². The number of fused-ring (bicyclic) bond motifs is 3. The number of aliphatic hydroxyl groups is 1. The van der Waals surface area contributed by atoms with E-state index in [9.17, 15) is 63.3 Å². The number of primary amides is 1. The van der Waals surface area contributed by atoms with Crippen LogP contribution in [0.25, 0.3) is 0 Å². The maximum Gasteiger partial charge on any atom is 0.509 e. The molecule has 480 valence electrons. The van der Waals surface area contributed by atoms with Gasteiger partial charge in [0.25, 0.3) is 11.8 Å². The molecule has 2 aliphatic carbocycles. The van der Waals surface area contributed by atoms with Gasteiger partial charge in [-0.1, -0.05) is 44.5 Å². The SMILES string of the molecule is COc1cccc2c1C(=O)c1c(O)c3c(c(O)c1C2=O)C[C@@](O)(C(=O)COC(=O)OCc1ccc(NC(=O)[C@@H](CCCNC(N)=O)NC(=O)[C@H](NC(=O)CCCCCN2C(=O)C=CC2=O)C(C)C)cc1)C[C@@H]3O[C@H]1CC[C@H](O[C@H]2NCCO[C@@H]2OC)[C@H](C)O1. The molecule has 7 amide bonds. The minimum Gasteiger partial charge on any atom is -0.507 e. The molecule has 2 fully saturated rings. The second kappa shape index (κ2) is 29.7. The van der Waals surface area contributed by atoms with E-state index >= 15 is 0 Å². The number of unbranched alkanes of at least 4 members (excludes halogenated alkanes) is 2. The van der Waals surface area contributed by atoms with Crippen LogP contribution in [0.4, 0.5) is 15.3 Å². The highest BCUT2D eigenvalue weighted by molar-refractivity contribution is 6.31. The summed E-state index contributed by atoms with van der Waals surface area (Å²) in [4.78, 5) is 132. The first kappa shape index (κ1) is 66.6. The molecule has 0 radical (unpaired) electrons. The molecule has 9 atom stereocenters. The van der Waals surface area contributed by atoms with Crippen molar-refractivity contribution in [2.24, 2.45) is 11.7 Å². The summed E-state index contributed by atoms with van der Waals surface area (Å²) in [5.41, 5.74) is 1.54. The number of imide groups is 1. The second-order valence-corrected chi connectivity index (χ2v) is 22.5. The van der Waals surface area contributed by atoms with Gasteiger partial charge in [-0.05, 0) is 68.7 Å². The van der Waals surface area contributed by atoms with Gasteiger partial charge in [-0.2, -0.15) is 0 Å². The number of amides is 7. The van der Waals surface area contributed by atoms with E-state index in [4.69, 9.17) is 43.6 Å². The Morgan fingerprint density at radius 3 is 2.27 bits per heavy atom. The number of ketones is 3. The van der Waals surface area contributed by atoms with Crippen molar-refractivity contribution in [2.75, 3.05) is 52.4 Å². The fourth-order valence-corrected chi connectivity index (χ4v) is 11.3. The number of Topliss-reactive ketones (excluding diaryl/α,β-unsaturated/α-hetero) is 1. The van der Waals surface area contributed by atoms with Gasteiger partial charge in [-0.3, -0.25) is 48.6 Å². The quantitative estimate of drug-likeness (QED) is 0.0179. The summed E-state index contributed by atoms with van der Waals surface area (Å²) in [5, 5.41) is 50.2. The van der Waals surface area contributed by atoms with Gasteiger partial charge < -0.3 is 80.2 Å². The maximum absolute atomic E-state index is 14.2. The van der Waals surface area contributed by atoms with Crippen molar-refractivity contribution in [1.82, 2.24) is 26.2 Å². The highest BCUT2D eigenvalue weighted by Gasteiger charge is 2.51. The van der Waals surface area contributed by atoms with E-state index in [-0.39, 0.29) is 84.3 Å². The van der Waals surface area contributed by atoms with Crippen LogP contribution >= 0.6 is 0 Å². The molecule has 8 rings (SSSR count). The van der Waals surface area contributed by atoms with Gasteiger partial charge in [0.05, 0.1) is 48.7 Å². The number of phenols is 2. The molecule has 0 saturated carbocycles. The van der Waals surface area contributed by atoms with Crippen LogP contribution in [0, 0.1) is 5.92 Å². The molecule has 0 unspecified atom stereocenters. The van der Waals surface area contributed by atoms with Gasteiger partial charge in [0, 0.05) is 87.0 Å². The fourth-order valence-electron chi connectivity index (χ4n) is 11.3. The number of ether oxygens (including phenoxy) is 8. The number of morpholine rings is 1. The normalized spacial score (nSPS) is 22.7. The van der Waals surface area contributed by atoms with Crippen LogP contribution in [0.1, 0.15) is 133 Å². The number of urea groups is 1. The largest absolute Gasteiger partial charge is 0.509 e. The molecule has 0 spiro atoms. The molecule has 3 aliphatic heterocycles. The van der Waals surface area contributed by atoms with Crippen LogP contribution in [-0.2, 0) is 75.0 Å². The van der Waals surface area contributed by atoms with Gasteiger partial charge in [-0.15, -0.1) is 0 Å². The third-order valence-corrected chi connectivity index (χ3v) is 16.0. The van der Waals surface area contributed by atoms with E-state index in [0.29, 0.717) is 44.4 Å². The molecule has 2 saturated heterocycles. The lowest BCUT2D eigenvalue weighted by atomic mass is 9.72. The molecule has 5 aliphatic rings. The number of nitrogens with zero attached hydrogens (tertiary/aromatic N) is 1. The first-order chi connectivity index (χ1) is 42.5. The van der Waals surface area contributed by atoms with Crippen LogP contribution in [0.5, 0.6) is 17.2 Å². The zero-order chi connectivity index (χ0) is 64.3. The summed E-state index contributed by atoms with van der Waals surface area (Å²) in [5.74, 6) is -7.12. The lowest BCUT2D eigenvalue weighted by Gasteiger charge is -2.42. The first-order valence-electron chi connectivity index (χ1n) is 29.3. The van der Waals surface area contributed by atoms with Crippen LogP contribution in [0.3, 0.4) is 0 Å². The highest BCUT2D eigenvalue weighted by Crippen LogP contribution is 2.53. The van der Waals surface area contributed by atoms with Crippen LogP contribution in [0.15, 0.2) is 54.6 Å². The zero-order valence-corrected chi connectivity index (χ0v) is 49.9. The summed E-state index contributed by atoms with van der Waals surface area (Å²) < 4.78 is 45.9. The molecule has 0 aromatic heterocycles. The monoisotopic (exact) mass is 1240 g/mol. The van der Waals surface area contributed by atoms with E-state index in [0.717, 1.165) is 4.90 Å².